The molecule has 120 valence electrons. The van der Waals surface area contributed by atoms with Crippen LogP contribution in [0.4, 0.5) is 5.69 Å². The van der Waals surface area contributed by atoms with Crippen molar-refractivity contribution in [3.63, 3.8) is 0 Å². The first-order valence-electron chi connectivity index (χ1n) is 6.79. The second kappa shape index (κ2) is 6.41. The predicted octanol–water partition coefficient (Wildman–Crippen LogP) is 0.741. The van der Waals surface area contributed by atoms with Crippen LogP contribution in [0.25, 0.3) is 0 Å². The number of nitro groups is 1. The van der Waals surface area contributed by atoms with Gasteiger partial charge in [-0.15, -0.1) is 0 Å². The molecule has 22 heavy (non-hydrogen) atoms. The van der Waals surface area contributed by atoms with Gasteiger partial charge in [0.15, 0.2) is 0 Å². The standard InChI is InChI=1S/C13H17N3O5S/c1-15-7-3-4-10(9-15)13(17)14-22(20,21)12-6-2-5-11(8-12)16(18)19/h2,5-6,8,10H,3-4,7,9H2,1H3,(H,14,17). The van der Waals surface area contributed by atoms with Crippen LogP contribution in [0.3, 0.4) is 0 Å². The Hall–Kier alpha value is -2.00. The lowest BCUT2D eigenvalue weighted by atomic mass is 9.98. The number of carbonyl (C=O) groups is 1. The number of non-ortho nitro benzene ring substituents is 1. The van der Waals surface area contributed by atoms with E-state index in [1.165, 1.54) is 18.2 Å². The van der Waals surface area contributed by atoms with Crippen molar-refractivity contribution in [3.8, 4) is 0 Å². The van der Waals surface area contributed by atoms with Crippen molar-refractivity contribution in [2.75, 3.05) is 20.1 Å². The molecule has 1 amide bonds. The zero-order valence-corrected chi connectivity index (χ0v) is 12.9. The molecule has 9 heteroatoms. The largest absolute Gasteiger partial charge is 0.306 e. The monoisotopic (exact) mass is 327 g/mol. The average molecular weight is 327 g/mol. The minimum absolute atomic E-state index is 0.292. The first-order chi connectivity index (χ1) is 10.3. The second-order valence-electron chi connectivity index (χ2n) is 5.33. The van der Waals surface area contributed by atoms with Crippen LogP contribution < -0.4 is 4.72 Å². The number of rotatable bonds is 4. The fraction of sp³-hybridized carbons (Fsp3) is 0.462. The summed E-state index contributed by atoms with van der Waals surface area (Å²) in [5.74, 6) is -0.967. The van der Waals surface area contributed by atoms with E-state index in [0.717, 1.165) is 19.0 Å². The molecule has 2 rings (SSSR count). The molecule has 0 bridgehead atoms. The molecule has 1 saturated heterocycles. The summed E-state index contributed by atoms with van der Waals surface area (Å²) in [4.78, 5) is 23.8. The van der Waals surface area contributed by atoms with Crippen molar-refractivity contribution >= 4 is 21.6 Å². The molecule has 1 heterocycles. The van der Waals surface area contributed by atoms with E-state index in [0.29, 0.717) is 13.0 Å². The third-order valence-electron chi connectivity index (χ3n) is 3.57. The van der Waals surface area contributed by atoms with Gasteiger partial charge in [-0.1, -0.05) is 6.07 Å². The van der Waals surface area contributed by atoms with Gasteiger partial charge >= 0.3 is 0 Å². The highest BCUT2D eigenvalue weighted by Crippen LogP contribution is 2.19. The van der Waals surface area contributed by atoms with Crippen molar-refractivity contribution in [1.82, 2.24) is 9.62 Å². The Labute approximate surface area is 128 Å². The maximum absolute atomic E-state index is 12.2. The van der Waals surface area contributed by atoms with Crippen LogP contribution in [0, 0.1) is 16.0 Å². The fourth-order valence-electron chi connectivity index (χ4n) is 2.42. The minimum atomic E-state index is -4.10. The lowest BCUT2D eigenvalue weighted by molar-refractivity contribution is -0.385. The molecule has 1 aliphatic heterocycles. The molecular weight excluding hydrogens is 310 g/mol. The van der Waals surface area contributed by atoms with Crippen LogP contribution in [-0.4, -0.2) is 44.3 Å². The Morgan fingerprint density at radius 1 is 1.45 bits per heavy atom. The van der Waals surface area contributed by atoms with Crippen molar-refractivity contribution in [1.29, 1.82) is 0 Å². The topological polar surface area (TPSA) is 110 Å². The summed E-state index contributed by atoms with van der Waals surface area (Å²) < 4.78 is 26.4. The summed E-state index contributed by atoms with van der Waals surface area (Å²) in [6, 6.07) is 4.61. The molecule has 1 N–H and O–H groups in total. The van der Waals surface area contributed by atoms with E-state index in [9.17, 15) is 23.3 Å². The summed E-state index contributed by atoms with van der Waals surface area (Å²) in [5.41, 5.74) is -0.340. The van der Waals surface area contributed by atoms with Crippen LogP contribution in [0.2, 0.25) is 0 Å². The number of carbonyl (C=O) groups excluding carboxylic acids is 1. The highest BCUT2D eigenvalue weighted by Gasteiger charge is 2.28. The van der Waals surface area contributed by atoms with Crippen molar-refractivity contribution in [2.45, 2.75) is 17.7 Å². The van der Waals surface area contributed by atoms with Gasteiger partial charge in [0.25, 0.3) is 15.7 Å². The van der Waals surface area contributed by atoms with Crippen LogP contribution in [0.15, 0.2) is 29.2 Å². The molecule has 0 aromatic heterocycles. The number of sulfonamides is 1. The van der Waals surface area contributed by atoms with Gasteiger partial charge in [-0.05, 0) is 32.5 Å². The Bertz CT molecular complexity index is 689. The van der Waals surface area contributed by atoms with E-state index in [1.807, 2.05) is 16.7 Å². The van der Waals surface area contributed by atoms with Crippen LogP contribution in [0.5, 0.6) is 0 Å². The number of hydrogen-bond acceptors (Lipinski definition) is 6. The number of benzene rings is 1. The molecule has 0 saturated carbocycles. The maximum Gasteiger partial charge on any atom is 0.270 e. The van der Waals surface area contributed by atoms with Crippen LogP contribution in [-0.2, 0) is 14.8 Å². The van der Waals surface area contributed by atoms with Gasteiger partial charge in [-0.25, -0.2) is 13.1 Å². The number of nitro benzene ring substituents is 1. The Morgan fingerprint density at radius 2 is 2.18 bits per heavy atom. The molecule has 8 nitrogen and oxygen atoms in total. The van der Waals surface area contributed by atoms with Gasteiger partial charge in [0.05, 0.1) is 15.7 Å². The van der Waals surface area contributed by atoms with Gasteiger partial charge in [-0.2, -0.15) is 0 Å². The molecular formula is C13H17N3O5S. The van der Waals surface area contributed by atoms with E-state index < -0.39 is 26.8 Å². The van der Waals surface area contributed by atoms with E-state index in [-0.39, 0.29) is 10.6 Å². The lowest BCUT2D eigenvalue weighted by Crippen LogP contribution is -2.43. The Balaban J connectivity index is 2.15. The SMILES string of the molecule is CN1CCCC(C(=O)NS(=O)(=O)c2cccc([N+](=O)[O-])c2)C1. The molecule has 1 aliphatic rings. The third-order valence-corrected chi connectivity index (χ3v) is 4.91. The van der Waals surface area contributed by atoms with Gasteiger partial charge in [0, 0.05) is 18.7 Å². The molecule has 0 spiro atoms. The maximum atomic E-state index is 12.2. The van der Waals surface area contributed by atoms with Gasteiger partial charge in [0.2, 0.25) is 5.91 Å². The zero-order valence-electron chi connectivity index (χ0n) is 12.1. The number of nitrogens with one attached hydrogen (secondary N) is 1. The molecule has 1 atom stereocenters. The smallest absolute Gasteiger partial charge is 0.270 e. The zero-order chi connectivity index (χ0) is 16.3. The number of nitrogens with zero attached hydrogens (tertiary/aromatic N) is 2. The van der Waals surface area contributed by atoms with E-state index >= 15 is 0 Å². The van der Waals surface area contributed by atoms with Gasteiger partial charge < -0.3 is 4.90 Å². The number of piperidine rings is 1. The van der Waals surface area contributed by atoms with E-state index in [2.05, 4.69) is 0 Å². The summed E-state index contributed by atoms with van der Waals surface area (Å²) in [6.45, 7) is 1.37. The summed E-state index contributed by atoms with van der Waals surface area (Å²) in [7, 11) is -2.24. The Morgan fingerprint density at radius 3 is 2.82 bits per heavy atom. The second-order valence-corrected chi connectivity index (χ2v) is 7.01. The summed E-state index contributed by atoms with van der Waals surface area (Å²) in [6.07, 6.45) is 1.45. The number of amides is 1. The first kappa shape index (κ1) is 16.4. The molecule has 0 aliphatic carbocycles. The molecule has 0 radical (unpaired) electrons. The number of hydrogen-bond donors (Lipinski definition) is 1. The minimum Gasteiger partial charge on any atom is -0.306 e. The quantitative estimate of drug-likeness (QED) is 0.645. The molecule has 1 aromatic carbocycles. The normalized spacial score (nSPS) is 19.6. The summed E-state index contributed by atoms with van der Waals surface area (Å²) in [5, 5.41) is 10.7. The van der Waals surface area contributed by atoms with Crippen molar-refractivity contribution in [2.24, 2.45) is 5.92 Å². The highest BCUT2D eigenvalue weighted by atomic mass is 32.2. The lowest BCUT2D eigenvalue weighted by Gasteiger charge is -2.28. The van der Waals surface area contributed by atoms with Crippen LogP contribution >= 0.6 is 0 Å². The molecule has 1 unspecified atom stereocenters. The van der Waals surface area contributed by atoms with Gasteiger partial charge in [0.1, 0.15) is 0 Å². The predicted molar refractivity (Wildman–Crippen MR) is 78.6 cm³/mol. The Kier molecular flexibility index (Phi) is 4.77. The molecule has 1 fully saturated rings. The average Bonchev–Trinajstić information content (AvgIpc) is 2.47. The van der Waals surface area contributed by atoms with Gasteiger partial charge in [-0.3, -0.25) is 14.9 Å². The summed E-state index contributed by atoms with van der Waals surface area (Å²) >= 11 is 0. The van der Waals surface area contributed by atoms with Crippen LogP contribution in [0.1, 0.15) is 12.8 Å². The number of likely N-dealkylation sites (tertiary alicyclic amines) is 1. The van der Waals surface area contributed by atoms with E-state index in [1.54, 1.807) is 0 Å². The first-order valence-corrected chi connectivity index (χ1v) is 8.27. The molecule has 1 aromatic rings. The fourth-order valence-corrected chi connectivity index (χ4v) is 3.50. The van der Waals surface area contributed by atoms with Crippen molar-refractivity contribution in [3.05, 3.63) is 34.4 Å². The third kappa shape index (κ3) is 3.80. The highest BCUT2D eigenvalue weighted by molar-refractivity contribution is 7.90. The van der Waals surface area contributed by atoms with E-state index in [4.69, 9.17) is 0 Å². The van der Waals surface area contributed by atoms with Crippen molar-refractivity contribution < 1.29 is 18.1 Å².